The smallest absolute Gasteiger partial charge is 0.0640 e. The molecule has 0 radical (unpaired) electrons. The fourth-order valence-corrected chi connectivity index (χ4v) is 2.02. The Morgan fingerprint density at radius 3 is 3.17 bits per heavy atom. The molecule has 0 spiro atoms. The zero-order valence-electron chi connectivity index (χ0n) is 7.10. The summed E-state index contributed by atoms with van der Waals surface area (Å²) in [6, 6.07) is 6.12. The molecule has 1 heterocycles. The number of benzene rings is 1. The van der Waals surface area contributed by atoms with Gasteiger partial charge in [0, 0.05) is 12.5 Å². The number of hydrogen-bond donors (Lipinski definition) is 1. The lowest BCUT2D eigenvalue weighted by molar-refractivity contribution is 0.727. The summed E-state index contributed by atoms with van der Waals surface area (Å²) in [4.78, 5) is 0. The van der Waals surface area contributed by atoms with Crippen molar-refractivity contribution in [3.8, 4) is 0 Å². The van der Waals surface area contributed by atoms with Crippen LogP contribution in [-0.2, 0) is 0 Å². The number of para-hydroxylation sites is 1. The van der Waals surface area contributed by atoms with Crippen LogP contribution in [0.5, 0.6) is 0 Å². The van der Waals surface area contributed by atoms with Crippen molar-refractivity contribution >= 4 is 17.3 Å². The number of hydrogen-bond acceptors (Lipinski definition) is 1. The van der Waals surface area contributed by atoms with E-state index in [4.69, 9.17) is 11.6 Å². The predicted octanol–water partition coefficient (Wildman–Crippen LogP) is 3.26. The first kappa shape index (κ1) is 7.93. The van der Waals surface area contributed by atoms with E-state index in [-0.39, 0.29) is 0 Å². The molecule has 0 fully saturated rings. The van der Waals surface area contributed by atoms with E-state index in [1.54, 1.807) is 0 Å². The molecule has 12 heavy (non-hydrogen) atoms. The summed E-state index contributed by atoms with van der Waals surface area (Å²) in [5, 5.41) is 4.19. The van der Waals surface area contributed by atoms with Crippen molar-refractivity contribution in [3.63, 3.8) is 0 Å². The first-order valence-electron chi connectivity index (χ1n) is 4.35. The van der Waals surface area contributed by atoms with Crippen molar-refractivity contribution < 1.29 is 0 Å². The van der Waals surface area contributed by atoms with E-state index in [0.717, 1.165) is 17.3 Å². The molecule has 0 aliphatic carbocycles. The van der Waals surface area contributed by atoms with E-state index in [1.807, 2.05) is 12.1 Å². The second-order valence-electron chi connectivity index (χ2n) is 3.19. The van der Waals surface area contributed by atoms with Gasteiger partial charge in [-0.15, -0.1) is 0 Å². The van der Waals surface area contributed by atoms with Gasteiger partial charge in [0.2, 0.25) is 0 Å². The maximum Gasteiger partial charge on any atom is 0.0640 e. The van der Waals surface area contributed by atoms with Crippen LogP contribution in [0.1, 0.15) is 24.8 Å². The number of rotatable bonds is 1. The van der Waals surface area contributed by atoms with Crippen molar-refractivity contribution in [1.82, 2.24) is 0 Å². The third-order valence-electron chi connectivity index (χ3n) is 2.50. The van der Waals surface area contributed by atoms with Crippen LogP contribution in [0.25, 0.3) is 0 Å². The normalized spacial score (nSPS) is 20.3. The summed E-state index contributed by atoms with van der Waals surface area (Å²) in [7, 11) is 0. The average Bonchev–Trinajstić information content (AvgIpc) is 2.49. The Hall–Kier alpha value is -0.690. The van der Waals surface area contributed by atoms with Gasteiger partial charge < -0.3 is 5.32 Å². The molecule has 1 aromatic rings. The van der Waals surface area contributed by atoms with Crippen LogP contribution < -0.4 is 5.32 Å². The van der Waals surface area contributed by atoms with E-state index in [0.29, 0.717) is 5.92 Å². The van der Waals surface area contributed by atoms with E-state index in [1.165, 1.54) is 12.0 Å². The molecular weight excluding hydrogens is 170 g/mol. The lowest BCUT2D eigenvalue weighted by atomic mass is 9.99. The monoisotopic (exact) mass is 181 g/mol. The Balaban J connectivity index is 2.46. The van der Waals surface area contributed by atoms with Gasteiger partial charge in [0.25, 0.3) is 0 Å². The van der Waals surface area contributed by atoms with E-state index >= 15 is 0 Å². The van der Waals surface area contributed by atoms with Gasteiger partial charge >= 0.3 is 0 Å². The molecule has 1 nitrogen and oxygen atoms in total. The van der Waals surface area contributed by atoms with Gasteiger partial charge in [-0.2, -0.15) is 0 Å². The highest BCUT2D eigenvalue weighted by Crippen LogP contribution is 2.37. The Labute approximate surface area is 77.7 Å². The highest BCUT2D eigenvalue weighted by atomic mass is 35.5. The van der Waals surface area contributed by atoms with Crippen molar-refractivity contribution in [1.29, 1.82) is 0 Å². The lowest BCUT2D eigenvalue weighted by Crippen LogP contribution is -1.99. The zero-order valence-corrected chi connectivity index (χ0v) is 7.86. The summed E-state index contributed by atoms with van der Waals surface area (Å²) >= 11 is 6.03. The molecule has 2 rings (SSSR count). The largest absolute Gasteiger partial charge is 0.383 e. The van der Waals surface area contributed by atoms with Gasteiger partial charge in [0.1, 0.15) is 0 Å². The molecule has 0 aromatic heterocycles. The second kappa shape index (κ2) is 2.98. The Bertz CT molecular complexity index is 296. The van der Waals surface area contributed by atoms with Crippen LogP contribution in [0, 0.1) is 0 Å². The minimum absolute atomic E-state index is 0.652. The standard InChI is InChI=1S/C10H12ClN/c1-2-7-6-12-10-8(7)4-3-5-9(10)11/h3-5,7,12H,2,6H2,1H3. The summed E-state index contributed by atoms with van der Waals surface area (Å²) in [5.74, 6) is 0.652. The van der Waals surface area contributed by atoms with Crippen LogP contribution in [-0.4, -0.2) is 6.54 Å². The molecular formula is C10H12ClN. The first-order chi connectivity index (χ1) is 5.83. The fourth-order valence-electron chi connectivity index (χ4n) is 1.77. The van der Waals surface area contributed by atoms with Gasteiger partial charge in [0.15, 0.2) is 0 Å². The molecule has 1 aliphatic heterocycles. The molecule has 1 aromatic carbocycles. The minimum atomic E-state index is 0.652. The molecule has 64 valence electrons. The quantitative estimate of drug-likeness (QED) is 0.702. The highest BCUT2D eigenvalue weighted by Gasteiger charge is 2.21. The van der Waals surface area contributed by atoms with E-state index in [9.17, 15) is 0 Å². The molecule has 1 aliphatic rings. The van der Waals surface area contributed by atoms with Gasteiger partial charge in [-0.05, 0) is 18.1 Å². The van der Waals surface area contributed by atoms with E-state index in [2.05, 4.69) is 18.3 Å². The van der Waals surface area contributed by atoms with Crippen molar-refractivity contribution in [2.45, 2.75) is 19.3 Å². The van der Waals surface area contributed by atoms with Crippen molar-refractivity contribution in [2.75, 3.05) is 11.9 Å². The lowest BCUT2D eigenvalue weighted by Gasteiger charge is -2.05. The number of anilines is 1. The number of fused-ring (bicyclic) bond motifs is 1. The first-order valence-corrected chi connectivity index (χ1v) is 4.73. The molecule has 2 heteroatoms. The summed E-state index contributed by atoms with van der Waals surface area (Å²) in [6.07, 6.45) is 1.18. The summed E-state index contributed by atoms with van der Waals surface area (Å²) < 4.78 is 0. The Morgan fingerprint density at radius 1 is 1.58 bits per heavy atom. The van der Waals surface area contributed by atoms with Gasteiger partial charge in [-0.3, -0.25) is 0 Å². The van der Waals surface area contributed by atoms with Crippen molar-refractivity contribution in [2.24, 2.45) is 0 Å². The van der Waals surface area contributed by atoms with Crippen LogP contribution in [0.2, 0.25) is 5.02 Å². The molecule has 1 N–H and O–H groups in total. The van der Waals surface area contributed by atoms with Crippen LogP contribution in [0.4, 0.5) is 5.69 Å². The Morgan fingerprint density at radius 2 is 2.42 bits per heavy atom. The average molecular weight is 182 g/mol. The maximum atomic E-state index is 6.03. The number of nitrogens with one attached hydrogen (secondary N) is 1. The predicted molar refractivity (Wildman–Crippen MR) is 53.0 cm³/mol. The molecule has 0 saturated carbocycles. The molecule has 0 amide bonds. The topological polar surface area (TPSA) is 12.0 Å². The molecule has 1 unspecified atom stereocenters. The SMILES string of the molecule is CCC1CNc2c(Cl)cccc21. The van der Waals surface area contributed by atoms with Gasteiger partial charge in [-0.1, -0.05) is 30.7 Å². The highest BCUT2D eigenvalue weighted by molar-refractivity contribution is 6.33. The molecule has 0 bridgehead atoms. The zero-order chi connectivity index (χ0) is 8.55. The van der Waals surface area contributed by atoms with Crippen LogP contribution >= 0.6 is 11.6 Å². The summed E-state index contributed by atoms with van der Waals surface area (Å²) in [5.41, 5.74) is 2.52. The fraction of sp³-hybridized carbons (Fsp3) is 0.400. The van der Waals surface area contributed by atoms with Gasteiger partial charge in [-0.25, -0.2) is 0 Å². The van der Waals surface area contributed by atoms with Crippen LogP contribution in [0.15, 0.2) is 18.2 Å². The maximum absolute atomic E-state index is 6.03. The third-order valence-corrected chi connectivity index (χ3v) is 2.82. The summed E-state index contributed by atoms with van der Waals surface area (Å²) in [6.45, 7) is 3.25. The molecule has 0 saturated heterocycles. The van der Waals surface area contributed by atoms with Crippen molar-refractivity contribution in [3.05, 3.63) is 28.8 Å². The number of halogens is 1. The molecule has 1 atom stereocenters. The van der Waals surface area contributed by atoms with E-state index < -0.39 is 0 Å². The second-order valence-corrected chi connectivity index (χ2v) is 3.60. The minimum Gasteiger partial charge on any atom is -0.383 e. The Kier molecular flexibility index (Phi) is 1.97. The third kappa shape index (κ3) is 1.09. The van der Waals surface area contributed by atoms with Gasteiger partial charge in [0.05, 0.1) is 10.7 Å². The van der Waals surface area contributed by atoms with Crippen LogP contribution in [0.3, 0.4) is 0 Å².